The average molecular weight is 186 g/mol. The molecule has 0 aliphatic rings. The first-order chi connectivity index (χ1) is 6.22. The first kappa shape index (κ1) is 12.6. The molecule has 0 aromatic rings. The second-order valence-corrected chi connectivity index (χ2v) is 3.47. The van der Waals surface area contributed by atoms with Crippen LogP contribution in [0.5, 0.6) is 0 Å². The molecule has 0 aromatic heterocycles. The third-order valence-corrected chi connectivity index (χ3v) is 2.32. The van der Waals surface area contributed by atoms with Crippen LogP contribution in [0, 0.1) is 5.92 Å². The molecule has 0 spiro atoms. The Morgan fingerprint density at radius 1 is 1.31 bits per heavy atom. The van der Waals surface area contributed by atoms with E-state index in [4.69, 9.17) is 4.74 Å². The molecule has 0 radical (unpaired) electrons. The summed E-state index contributed by atoms with van der Waals surface area (Å²) in [5, 5.41) is 0. The smallest absolute Gasteiger partial charge is 0.132 e. The minimum atomic E-state index is 0.210. The Labute approximate surface area is 81.7 Å². The van der Waals surface area contributed by atoms with Gasteiger partial charge in [-0.25, -0.2) is 0 Å². The monoisotopic (exact) mass is 186 g/mol. The van der Waals surface area contributed by atoms with Gasteiger partial charge in [-0.05, 0) is 26.2 Å². The van der Waals surface area contributed by atoms with Crippen LogP contribution in [0.4, 0.5) is 0 Å². The zero-order valence-corrected chi connectivity index (χ0v) is 9.14. The minimum absolute atomic E-state index is 0.210. The van der Waals surface area contributed by atoms with Gasteiger partial charge in [0.2, 0.25) is 0 Å². The van der Waals surface area contributed by atoms with E-state index in [1.54, 1.807) is 6.92 Å². The number of Topliss-reactive ketones (excluding diaryl/α,β-unsaturated/α-hetero) is 1. The number of ether oxygens (including phenoxy) is 1. The van der Waals surface area contributed by atoms with Crippen molar-refractivity contribution < 1.29 is 9.53 Å². The summed E-state index contributed by atoms with van der Waals surface area (Å²) in [6, 6.07) is 0. The van der Waals surface area contributed by atoms with Gasteiger partial charge in [-0.15, -0.1) is 0 Å². The number of carbonyl (C=O) groups excluding carboxylic acids is 1. The summed E-state index contributed by atoms with van der Waals surface area (Å²) in [5.74, 6) is 0.503. The molecule has 0 bridgehead atoms. The minimum Gasteiger partial charge on any atom is -0.381 e. The fourth-order valence-corrected chi connectivity index (χ4v) is 1.27. The van der Waals surface area contributed by atoms with Crippen molar-refractivity contribution in [2.45, 2.75) is 46.5 Å². The average Bonchev–Trinajstić information content (AvgIpc) is 2.10. The second kappa shape index (κ2) is 8.24. The van der Waals surface area contributed by atoms with Crippen molar-refractivity contribution in [1.82, 2.24) is 0 Å². The van der Waals surface area contributed by atoms with Gasteiger partial charge in [0.1, 0.15) is 5.78 Å². The Balaban J connectivity index is 3.33. The summed E-state index contributed by atoms with van der Waals surface area (Å²) >= 11 is 0. The van der Waals surface area contributed by atoms with Crippen molar-refractivity contribution in [2.75, 3.05) is 13.2 Å². The third kappa shape index (κ3) is 6.76. The molecule has 78 valence electrons. The summed E-state index contributed by atoms with van der Waals surface area (Å²) in [6.45, 7) is 7.44. The fourth-order valence-electron chi connectivity index (χ4n) is 1.27. The molecule has 2 nitrogen and oxygen atoms in total. The normalized spacial score (nSPS) is 12.8. The van der Waals surface area contributed by atoms with Gasteiger partial charge in [-0.3, -0.25) is 4.79 Å². The van der Waals surface area contributed by atoms with Crippen molar-refractivity contribution >= 4 is 5.78 Å². The molecule has 0 saturated carbocycles. The van der Waals surface area contributed by atoms with Crippen LogP contribution in [-0.4, -0.2) is 19.0 Å². The van der Waals surface area contributed by atoms with Gasteiger partial charge in [0, 0.05) is 19.1 Å². The SMILES string of the molecule is CCCCOCCC(CC)C(C)=O. The maximum atomic E-state index is 11.0. The summed E-state index contributed by atoms with van der Waals surface area (Å²) in [6.07, 6.45) is 4.11. The molecule has 0 saturated heterocycles. The zero-order chi connectivity index (χ0) is 10.1. The van der Waals surface area contributed by atoms with E-state index in [1.807, 2.05) is 0 Å². The Morgan fingerprint density at radius 2 is 2.00 bits per heavy atom. The molecule has 13 heavy (non-hydrogen) atoms. The summed E-state index contributed by atoms with van der Waals surface area (Å²) in [4.78, 5) is 11.0. The molecule has 1 atom stereocenters. The number of hydrogen-bond donors (Lipinski definition) is 0. The highest BCUT2D eigenvalue weighted by Crippen LogP contribution is 2.09. The highest BCUT2D eigenvalue weighted by atomic mass is 16.5. The van der Waals surface area contributed by atoms with Gasteiger partial charge >= 0.3 is 0 Å². The van der Waals surface area contributed by atoms with Crippen molar-refractivity contribution in [2.24, 2.45) is 5.92 Å². The molecule has 0 heterocycles. The number of unbranched alkanes of at least 4 members (excludes halogenated alkanes) is 1. The topological polar surface area (TPSA) is 26.3 Å². The number of carbonyl (C=O) groups is 1. The van der Waals surface area contributed by atoms with E-state index in [2.05, 4.69) is 13.8 Å². The lowest BCUT2D eigenvalue weighted by molar-refractivity contribution is -0.121. The van der Waals surface area contributed by atoms with Gasteiger partial charge < -0.3 is 4.74 Å². The van der Waals surface area contributed by atoms with E-state index in [0.717, 1.165) is 32.5 Å². The van der Waals surface area contributed by atoms with Crippen molar-refractivity contribution in [3.05, 3.63) is 0 Å². The molecule has 0 rings (SSSR count). The second-order valence-electron chi connectivity index (χ2n) is 3.47. The van der Waals surface area contributed by atoms with Crippen molar-refractivity contribution in [1.29, 1.82) is 0 Å². The van der Waals surface area contributed by atoms with Crippen LogP contribution in [0.3, 0.4) is 0 Å². The molecule has 1 unspecified atom stereocenters. The lowest BCUT2D eigenvalue weighted by Crippen LogP contribution is -2.12. The van der Waals surface area contributed by atoms with E-state index < -0.39 is 0 Å². The molecular formula is C11H22O2. The van der Waals surface area contributed by atoms with Crippen LogP contribution in [0.15, 0.2) is 0 Å². The Morgan fingerprint density at radius 3 is 2.46 bits per heavy atom. The van der Waals surface area contributed by atoms with Gasteiger partial charge in [0.05, 0.1) is 0 Å². The Hall–Kier alpha value is -0.370. The molecule has 0 amide bonds. The lowest BCUT2D eigenvalue weighted by Gasteiger charge is -2.10. The van der Waals surface area contributed by atoms with E-state index in [1.165, 1.54) is 6.42 Å². The maximum Gasteiger partial charge on any atom is 0.132 e. The number of rotatable bonds is 8. The van der Waals surface area contributed by atoms with Gasteiger partial charge in [0.15, 0.2) is 0 Å². The summed E-state index contributed by atoms with van der Waals surface area (Å²) in [7, 11) is 0. The number of ketones is 1. The summed E-state index contributed by atoms with van der Waals surface area (Å²) in [5.41, 5.74) is 0. The van der Waals surface area contributed by atoms with E-state index in [-0.39, 0.29) is 5.92 Å². The maximum absolute atomic E-state index is 11.0. The Bertz CT molecular complexity index is 132. The van der Waals surface area contributed by atoms with Crippen molar-refractivity contribution in [3.63, 3.8) is 0 Å². The van der Waals surface area contributed by atoms with E-state index in [0.29, 0.717) is 5.78 Å². The highest BCUT2D eigenvalue weighted by Gasteiger charge is 2.10. The van der Waals surface area contributed by atoms with E-state index >= 15 is 0 Å². The standard InChI is InChI=1S/C11H22O2/c1-4-6-8-13-9-7-11(5-2)10(3)12/h11H,4-9H2,1-3H3. The molecule has 0 aromatic carbocycles. The fraction of sp³-hybridized carbons (Fsp3) is 0.909. The Kier molecular flexibility index (Phi) is 8.00. The zero-order valence-electron chi connectivity index (χ0n) is 9.14. The highest BCUT2D eigenvalue weighted by molar-refractivity contribution is 5.78. The molecule has 0 aliphatic carbocycles. The predicted octanol–water partition coefficient (Wildman–Crippen LogP) is 2.81. The van der Waals surface area contributed by atoms with Gasteiger partial charge in [0.25, 0.3) is 0 Å². The van der Waals surface area contributed by atoms with Crippen LogP contribution in [0.25, 0.3) is 0 Å². The van der Waals surface area contributed by atoms with Gasteiger partial charge in [-0.2, -0.15) is 0 Å². The molecule has 0 N–H and O–H groups in total. The van der Waals surface area contributed by atoms with E-state index in [9.17, 15) is 4.79 Å². The number of hydrogen-bond acceptors (Lipinski definition) is 2. The van der Waals surface area contributed by atoms with Crippen LogP contribution in [0.2, 0.25) is 0 Å². The van der Waals surface area contributed by atoms with Crippen LogP contribution < -0.4 is 0 Å². The van der Waals surface area contributed by atoms with Crippen molar-refractivity contribution in [3.8, 4) is 0 Å². The quantitative estimate of drug-likeness (QED) is 0.545. The molecule has 2 heteroatoms. The third-order valence-electron chi connectivity index (χ3n) is 2.32. The largest absolute Gasteiger partial charge is 0.381 e. The van der Waals surface area contributed by atoms with Crippen LogP contribution >= 0.6 is 0 Å². The first-order valence-corrected chi connectivity index (χ1v) is 5.30. The van der Waals surface area contributed by atoms with Crippen LogP contribution in [0.1, 0.15) is 46.5 Å². The molecule has 0 aliphatic heterocycles. The van der Waals surface area contributed by atoms with Crippen LogP contribution in [-0.2, 0) is 9.53 Å². The predicted molar refractivity (Wildman–Crippen MR) is 54.8 cm³/mol. The first-order valence-electron chi connectivity index (χ1n) is 5.30. The summed E-state index contributed by atoms with van der Waals surface area (Å²) < 4.78 is 5.40. The molecule has 0 fully saturated rings. The molecular weight excluding hydrogens is 164 g/mol. The van der Waals surface area contributed by atoms with Gasteiger partial charge in [-0.1, -0.05) is 20.3 Å². The lowest BCUT2D eigenvalue weighted by atomic mass is 9.99.